The number of carbonyl (C=O) groups is 1. The van der Waals surface area contributed by atoms with Crippen LogP contribution in [0.4, 0.5) is 5.69 Å². The van der Waals surface area contributed by atoms with E-state index >= 15 is 0 Å². The zero-order valence-electron chi connectivity index (χ0n) is 19.0. The number of carbonyl (C=O) groups excluding carboxylic acids is 1. The molecule has 186 valence electrons. The van der Waals surface area contributed by atoms with Gasteiger partial charge in [0.05, 0.1) is 29.9 Å². The van der Waals surface area contributed by atoms with Gasteiger partial charge in [0.25, 0.3) is 0 Å². The second kappa shape index (κ2) is 11.8. The number of hydrogen-bond acceptors (Lipinski definition) is 8. The number of rotatable bonds is 7. The molecule has 1 aliphatic heterocycles. The minimum atomic E-state index is -3.55. The van der Waals surface area contributed by atoms with Crippen LogP contribution < -0.4 is 15.5 Å². The van der Waals surface area contributed by atoms with Crippen molar-refractivity contribution in [3.63, 3.8) is 0 Å². The van der Waals surface area contributed by atoms with Crippen LogP contribution in [0.5, 0.6) is 5.75 Å². The molecule has 0 atom stereocenters. The average molecular weight is 526 g/mol. The van der Waals surface area contributed by atoms with Gasteiger partial charge in [0.15, 0.2) is 5.11 Å². The molecule has 1 fully saturated rings. The lowest BCUT2D eigenvalue weighted by Crippen LogP contribution is -2.40. The van der Waals surface area contributed by atoms with Gasteiger partial charge in [-0.25, -0.2) is 13.2 Å². The third kappa shape index (κ3) is 6.70. The van der Waals surface area contributed by atoms with Gasteiger partial charge in [0, 0.05) is 31.2 Å². The molecular weight excluding hydrogens is 502 g/mol. The van der Waals surface area contributed by atoms with Crippen molar-refractivity contribution in [3.05, 3.63) is 84.2 Å². The molecule has 0 radical (unpaired) electrons. The van der Waals surface area contributed by atoms with Crippen LogP contribution in [-0.4, -0.2) is 61.3 Å². The van der Waals surface area contributed by atoms with Gasteiger partial charge in [-0.1, -0.05) is 0 Å². The molecule has 1 saturated heterocycles. The number of hydrogen-bond donors (Lipinski definition) is 2. The van der Waals surface area contributed by atoms with Gasteiger partial charge in [-0.05, 0) is 78.4 Å². The normalized spacial score (nSPS) is 14.3. The third-order valence-electron chi connectivity index (χ3n) is 5.09. The van der Waals surface area contributed by atoms with E-state index < -0.39 is 16.0 Å². The number of esters is 1. The molecule has 1 aromatic heterocycles. The number of nitrogens with one attached hydrogen (secondary N) is 2. The fraction of sp³-hybridized carbons (Fsp3) is 0.167. The van der Waals surface area contributed by atoms with E-state index in [1.807, 2.05) is 0 Å². The number of benzene rings is 2. The summed E-state index contributed by atoms with van der Waals surface area (Å²) in [6.45, 7) is 1.47. The van der Waals surface area contributed by atoms with E-state index in [1.54, 1.807) is 60.9 Å². The van der Waals surface area contributed by atoms with E-state index in [4.69, 9.17) is 21.7 Å². The summed E-state index contributed by atoms with van der Waals surface area (Å²) in [6, 6.07) is 16.4. The van der Waals surface area contributed by atoms with Crippen LogP contribution in [0.25, 0.3) is 0 Å². The molecule has 12 heteroatoms. The summed E-state index contributed by atoms with van der Waals surface area (Å²) in [5.74, 6) is -0.0976. The predicted molar refractivity (Wildman–Crippen MR) is 139 cm³/mol. The summed E-state index contributed by atoms with van der Waals surface area (Å²) < 4.78 is 37.3. The highest BCUT2D eigenvalue weighted by atomic mass is 32.2. The minimum Gasteiger partial charge on any atom is -0.423 e. The Morgan fingerprint density at radius 3 is 2.47 bits per heavy atom. The first-order chi connectivity index (χ1) is 17.4. The summed E-state index contributed by atoms with van der Waals surface area (Å²) in [5.41, 5.74) is 4.43. The summed E-state index contributed by atoms with van der Waals surface area (Å²) in [6.07, 6.45) is 4.57. The van der Waals surface area contributed by atoms with Gasteiger partial charge in [-0.15, -0.1) is 0 Å². The quantitative estimate of drug-likeness (QED) is 0.158. The Bertz CT molecular complexity index is 1330. The average Bonchev–Trinajstić information content (AvgIpc) is 2.91. The van der Waals surface area contributed by atoms with Crippen molar-refractivity contribution < 1.29 is 22.7 Å². The molecule has 0 aliphatic carbocycles. The highest BCUT2D eigenvalue weighted by Crippen LogP contribution is 2.19. The SMILES string of the molecule is O=C(Oc1ccc(/C=N/NC(=S)Nc2ccc(S(=O)(=O)N3CCOCC3)cc2)cc1)c1cccnc1. The van der Waals surface area contributed by atoms with Crippen molar-refractivity contribution in [2.75, 3.05) is 31.6 Å². The highest BCUT2D eigenvalue weighted by Gasteiger charge is 2.26. The molecule has 2 heterocycles. The maximum Gasteiger partial charge on any atom is 0.345 e. The second-order valence-electron chi connectivity index (χ2n) is 7.57. The molecule has 0 saturated carbocycles. The van der Waals surface area contributed by atoms with Gasteiger partial charge in [0.2, 0.25) is 10.0 Å². The van der Waals surface area contributed by atoms with Gasteiger partial charge in [-0.3, -0.25) is 10.4 Å². The first kappa shape index (κ1) is 25.4. The topological polar surface area (TPSA) is 122 Å². The number of nitrogens with zero attached hydrogens (tertiary/aromatic N) is 3. The number of aromatic nitrogens is 1. The van der Waals surface area contributed by atoms with Crippen molar-refractivity contribution in [1.82, 2.24) is 14.7 Å². The summed E-state index contributed by atoms with van der Waals surface area (Å²) >= 11 is 5.24. The molecule has 0 bridgehead atoms. The van der Waals surface area contributed by atoms with Crippen molar-refractivity contribution in [1.29, 1.82) is 0 Å². The van der Waals surface area contributed by atoms with Crippen LogP contribution in [0.1, 0.15) is 15.9 Å². The Morgan fingerprint density at radius 1 is 1.08 bits per heavy atom. The molecule has 0 unspecified atom stereocenters. The van der Waals surface area contributed by atoms with Crippen LogP contribution >= 0.6 is 12.2 Å². The second-order valence-corrected chi connectivity index (χ2v) is 9.91. The molecule has 3 aromatic rings. The smallest absolute Gasteiger partial charge is 0.345 e. The molecule has 1 aliphatic rings. The molecule has 2 N–H and O–H groups in total. The van der Waals surface area contributed by atoms with Crippen LogP contribution in [0.3, 0.4) is 0 Å². The van der Waals surface area contributed by atoms with Crippen LogP contribution in [0, 0.1) is 0 Å². The Kier molecular flexibility index (Phi) is 8.33. The molecule has 0 amide bonds. The summed E-state index contributed by atoms with van der Waals surface area (Å²) in [4.78, 5) is 16.2. The van der Waals surface area contributed by atoms with Gasteiger partial charge in [0.1, 0.15) is 5.75 Å². The number of anilines is 1. The maximum absolute atomic E-state index is 12.7. The van der Waals surface area contributed by atoms with Crippen molar-refractivity contribution in [2.45, 2.75) is 4.90 Å². The van der Waals surface area contributed by atoms with E-state index in [0.29, 0.717) is 43.3 Å². The van der Waals surface area contributed by atoms with E-state index in [9.17, 15) is 13.2 Å². The molecule has 2 aromatic carbocycles. The summed E-state index contributed by atoms with van der Waals surface area (Å²) in [7, 11) is -3.55. The molecule has 4 rings (SSSR count). The van der Waals surface area contributed by atoms with E-state index in [-0.39, 0.29) is 10.0 Å². The molecule has 10 nitrogen and oxygen atoms in total. The Balaban J connectivity index is 1.26. The van der Waals surface area contributed by atoms with Crippen molar-refractivity contribution in [2.24, 2.45) is 5.10 Å². The minimum absolute atomic E-state index is 0.210. The van der Waals surface area contributed by atoms with Gasteiger partial charge >= 0.3 is 5.97 Å². The van der Waals surface area contributed by atoms with E-state index in [1.165, 1.54) is 22.6 Å². The molecular formula is C24H23N5O5S2. The first-order valence-corrected chi connectivity index (χ1v) is 12.8. The van der Waals surface area contributed by atoms with Gasteiger partial charge in [-0.2, -0.15) is 9.41 Å². The highest BCUT2D eigenvalue weighted by molar-refractivity contribution is 7.89. The maximum atomic E-state index is 12.7. The molecule has 36 heavy (non-hydrogen) atoms. The van der Waals surface area contributed by atoms with E-state index in [0.717, 1.165) is 5.56 Å². The number of sulfonamides is 1. The number of hydrazone groups is 1. The lowest BCUT2D eigenvalue weighted by Gasteiger charge is -2.26. The number of thiocarbonyl (C=S) groups is 1. The van der Waals surface area contributed by atoms with E-state index in [2.05, 4.69) is 20.8 Å². The first-order valence-electron chi connectivity index (χ1n) is 10.9. The van der Waals surface area contributed by atoms with Crippen LogP contribution in [0.15, 0.2) is 83.1 Å². The monoisotopic (exact) mass is 525 g/mol. The fourth-order valence-corrected chi connectivity index (χ4v) is 4.82. The van der Waals surface area contributed by atoms with Crippen LogP contribution in [-0.2, 0) is 14.8 Å². The Hall–Kier alpha value is -3.71. The number of ether oxygens (including phenoxy) is 2. The number of morpholine rings is 1. The largest absolute Gasteiger partial charge is 0.423 e. The number of pyridine rings is 1. The predicted octanol–water partition coefficient (Wildman–Crippen LogP) is 2.64. The lowest BCUT2D eigenvalue weighted by molar-refractivity contribution is 0.0730. The summed E-state index contributed by atoms with van der Waals surface area (Å²) in [5, 5.41) is 7.27. The fourth-order valence-electron chi connectivity index (χ4n) is 3.24. The standard InChI is InChI=1S/C24H23N5O5S2/c30-23(19-2-1-11-25-17-19)34-21-7-3-18(4-8-21)16-26-28-24(35)27-20-5-9-22(10-6-20)36(31,32)29-12-14-33-15-13-29/h1-11,16-17H,12-15H2,(H2,27,28,35)/b26-16+. The Morgan fingerprint density at radius 2 is 1.81 bits per heavy atom. The van der Waals surface area contributed by atoms with Crippen LogP contribution in [0.2, 0.25) is 0 Å². The lowest BCUT2D eigenvalue weighted by atomic mass is 10.2. The van der Waals surface area contributed by atoms with Gasteiger partial charge < -0.3 is 14.8 Å². The van der Waals surface area contributed by atoms with Crippen molar-refractivity contribution >= 4 is 45.2 Å². The molecule has 0 spiro atoms. The Labute approximate surface area is 214 Å². The third-order valence-corrected chi connectivity index (χ3v) is 7.19. The zero-order valence-corrected chi connectivity index (χ0v) is 20.7. The zero-order chi connectivity index (χ0) is 25.4. The van der Waals surface area contributed by atoms with Crippen molar-refractivity contribution in [3.8, 4) is 5.75 Å².